The van der Waals surface area contributed by atoms with E-state index in [0.717, 1.165) is 40.9 Å². The van der Waals surface area contributed by atoms with Crippen molar-refractivity contribution >= 4 is 34.0 Å². The average molecular weight is 508 g/mol. The summed E-state index contributed by atoms with van der Waals surface area (Å²) in [5.74, 6) is 0.470. The van der Waals surface area contributed by atoms with E-state index in [4.69, 9.17) is 21.3 Å². The van der Waals surface area contributed by atoms with Gasteiger partial charge in [0.05, 0.1) is 35.5 Å². The largest absolute Gasteiger partial charge is 0.387 e. The van der Waals surface area contributed by atoms with Crippen LogP contribution >= 0.6 is 11.6 Å². The molecule has 0 bridgehead atoms. The number of aliphatic hydroxyl groups is 1. The second-order valence-electron chi connectivity index (χ2n) is 9.37. The molecule has 0 spiro atoms. The molecule has 1 aliphatic heterocycles. The number of hydrogen-bond donors (Lipinski definition) is 4. The molecule has 1 fully saturated rings. The lowest BCUT2D eigenvalue weighted by Gasteiger charge is -2.33. The van der Waals surface area contributed by atoms with Crippen LogP contribution in [0.5, 0.6) is 0 Å². The average Bonchev–Trinajstić information content (AvgIpc) is 3.28. The van der Waals surface area contributed by atoms with Crippen LogP contribution in [0.15, 0.2) is 47.4 Å². The first-order valence-electron chi connectivity index (χ1n) is 12.1. The van der Waals surface area contributed by atoms with Gasteiger partial charge in [0.15, 0.2) is 0 Å². The fourth-order valence-electron chi connectivity index (χ4n) is 4.63. The highest BCUT2D eigenvalue weighted by atomic mass is 35.5. The van der Waals surface area contributed by atoms with Gasteiger partial charge in [0, 0.05) is 36.5 Å². The van der Waals surface area contributed by atoms with Crippen molar-refractivity contribution in [3.05, 3.63) is 74.7 Å². The van der Waals surface area contributed by atoms with Gasteiger partial charge in [-0.3, -0.25) is 4.79 Å². The summed E-state index contributed by atoms with van der Waals surface area (Å²) in [6.45, 7) is 8.57. The van der Waals surface area contributed by atoms with Gasteiger partial charge in [-0.25, -0.2) is 4.98 Å². The van der Waals surface area contributed by atoms with Crippen LogP contribution in [-0.2, 0) is 4.74 Å². The second-order valence-corrected chi connectivity index (χ2v) is 9.78. The molecule has 4 N–H and O–H groups in total. The van der Waals surface area contributed by atoms with Gasteiger partial charge in [0.25, 0.3) is 5.56 Å². The minimum Gasteiger partial charge on any atom is -0.387 e. The molecule has 3 heterocycles. The molecule has 2 atom stereocenters. The molecule has 0 saturated carbocycles. The summed E-state index contributed by atoms with van der Waals surface area (Å²) in [4.78, 5) is 26.1. The Morgan fingerprint density at radius 3 is 2.86 bits per heavy atom. The summed E-state index contributed by atoms with van der Waals surface area (Å²) in [6.07, 6.45) is 0.955. The Labute approximate surface area is 214 Å². The predicted molar refractivity (Wildman–Crippen MR) is 144 cm³/mol. The molecule has 1 aliphatic rings. The molecule has 1 saturated heterocycles. The van der Waals surface area contributed by atoms with E-state index in [0.29, 0.717) is 34.3 Å². The maximum absolute atomic E-state index is 12.9. The first kappa shape index (κ1) is 24.4. The van der Waals surface area contributed by atoms with Gasteiger partial charge in [-0.2, -0.15) is 0 Å². The van der Waals surface area contributed by atoms with Crippen LogP contribution in [0.4, 0.5) is 11.4 Å². The minimum absolute atomic E-state index is 0.176. The third-order valence-electron chi connectivity index (χ3n) is 6.63. The van der Waals surface area contributed by atoms with Gasteiger partial charge < -0.3 is 30.0 Å². The fourth-order valence-corrected chi connectivity index (χ4v) is 4.82. The van der Waals surface area contributed by atoms with Gasteiger partial charge in [-0.1, -0.05) is 23.7 Å². The zero-order valence-corrected chi connectivity index (χ0v) is 21.3. The molecule has 2 unspecified atom stereocenters. The number of ether oxygens (including phenoxy) is 1. The summed E-state index contributed by atoms with van der Waals surface area (Å²) in [5, 5.41) is 14.5. The molecule has 0 amide bonds. The summed E-state index contributed by atoms with van der Waals surface area (Å²) in [6, 6.07) is 11.5. The number of aliphatic hydroxyl groups excluding tert-OH is 1. The number of hydrogen-bond acceptors (Lipinski definition) is 6. The van der Waals surface area contributed by atoms with E-state index in [2.05, 4.69) is 39.2 Å². The molecule has 2 aromatic carbocycles. The Hall–Kier alpha value is -3.33. The van der Waals surface area contributed by atoms with Crippen molar-refractivity contribution in [2.24, 2.45) is 0 Å². The number of nitrogens with zero attached hydrogens (tertiary/aromatic N) is 2. The number of imidazole rings is 1. The second kappa shape index (κ2) is 9.97. The predicted octanol–water partition coefficient (Wildman–Crippen LogP) is 4.56. The van der Waals surface area contributed by atoms with Crippen molar-refractivity contribution in [1.29, 1.82) is 0 Å². The Bertz CT molecular complexity index is 1460. The zero-order valence-electron chi connectivity index (χ0n) is 20.6. The molecule has 4 aromatic rings. The van der Waals surface area contributed by atoms with Crippen LogP contribution in [-0.4, -0.2) is 52.4 Å². The lowest BCUT2D eigenvalue weighted by Crippen LogP contribution is -2.41. The van der Waals surface area contributed by atoms with Crippen molar-refractivity contribution in [2.45, 2.75) is 33.0 Å². The molecule has 2 aromatic heterocycles. The summed E-state index contributed by atoms with van der Waals surface area (Å²) < 4.78 is 5.68. The molecule has 36 heavy (non-hydrogen) atoms. The number of pyridine rings is 1. The fraction of sp³-hybridized carbons (Fsp3) is 0.333. The van der Waals surface area contributed by atoms with Gasteiger partial charge in [-0.15, -0.1) is 0 Å². The lowest BCUT2D eigenvalue weighted by atomic mass is 10.1. The van der Waals surface area contributed by atoms with E-state index in [1.54, 1.807) is 18.3 Å². The number of fused-ring (bicyclic) bond motifs is 1. The van der Waals surface area contributed by atoms with E-state index < -0.39 is 6.10 Å². The van der Waals surface area contributed by atoms with Crippen LogP contribution in [0.3, 0.4) is 0 Å². The molecule has 8 nitrogen and oxygen atoms in total. The van der Waals surface area contributed by atoms with Crippen LogP contribution in [0, 0.1) is 13.8 Å². The Kier molecular flexibility index (Phi) is 6.75. The molecule has 9 heteroatoms. The first-order valence-corrected chi connectivity index (χ1v) is 12.4. The molecule has 188 valence electrons. The van der Waals surface area contributed by atoms with Gasteiger partial charge in [0.2, 0.25) is 0 Å². The third kappa shape index (κ3) is 4.84. The van der Waals surface area contributed by atoms with Crippen LogP contribution in [0.2, 0.25) is 5.02 Å². The van der Waals surface area contributed by atoms with Crippen molar-refractivity contribution in [3.8, 4) is 11.4 Å². The zero-order chi connectivity index (χ0) is 25.4. The smallest absolute Gasteiger partial charge is 0.261 e. The Morgan fingerprint density at radius 1 is 1.25 bits per heavy atom. The monoisotopic (exact) mass is 507 g/mol. The molecule has 5 rings (SSSR count). The number of benzene rings is 2. The van der Waals surface area contributed by atoms with Crippen molar-refractivity contribution in [1.82, 2.24) is 15.0 Å². The van der Waals surface area contributed by atoms with Crippen LogP contribution < -0.4 is 15.8 Å². The quantitative estimate of drug-likeness (QED) is 0.305. The maximum Gasteiger partial charge on any atom is 0.261 e. The van der Waals surface area contributed by atoms with E-state index in [9.17, 15) is 9.90 Å². The number of aryl methyl sites for hydroxylation is 2. The lowest BCUT2D eigenvalue weighted by molar-refractivity contribution is 0.0532. The number of aromatic amines is 2. The van der Waals surface area contributed by atoms with Crippen LogP contribution in [0.25, 0.3) is 22.4 Å². The summed E-state index contributed by atoms with van der Waals surface area (Å²) in [7, 11) is 0. The van der Waals surface area contributed by atoms with Crippen molar-refractivity contribution in [2.75, 3.05) is 36.5 Å². The number of H-pyrrole nitrogens is 2. The first-order chi connectivity index (χ1) is 17.3. The highest BCUT2D eigenvalue weighted by Gasteiger charge is 2.20. The highest BCUT2D eigenvalue weighted by Crippen LogP contribution is 2.30. The van der Waals surface area contributed by atoms with Crippen LogP contribution in [0.1, 0.15) is 29.7 Å². The summed E-state index contributed by atoms with van der Waals surface area (Å²) in [5.41, 5.74) is 6.16. The third-order valence-corrected chi connectivity index (χ3v) is 7.04. The topological polar surface area (TPSA) is 106 Å². The van der Waals surface area contributed by atoms with Gasteiger partial charge in [0.1, 0.15) is 11.4 Å². The molecule has 0 radical (unpaired) electrons. The number of nitrogens with one attached hydrogen (secondary N) is 3. The van der Waals surface area contributed by atoms with E-state index in [1.807, 2.05) is 26.0 Å². The van der Waals surface area contributed by atoms with E-state index in [-0.39, 0.29) is 18.2 Å². The number of rotatable bonds is 6. The normalized spacial score (nSPS) is 16.9. The van der Waals surface area contributed by atoms with Crippen molar-refractivity contribution in [3.63, 3.8) is 0 Å². The minimum atomic E-state index is -0.799. The number of morpholine rings is 1. The van der Waals surface area contributed by atoms with E-state index >= 15 is 0 Å². The molecule has 0 aliphatic carbocycles. The van der Waals surface area contributed by atoms with Gasteiger partial charge in [-0.05, 0) is 61.7 Å². The van der Waals surface area contributed by atoms with E-state index in [1.165, 1.54) is 0 Å². The van der Waals surface area contributed by atoms with Crippen molar-refractivity contribution < 1.29 is 9.84 Å². The number of anilines is 2. The van der Waals surface area contributed by atoms with Gasteiger partial charge >= 0.3 is 0 Å². The molecular formula is C27H30ClN5O3. The SMILES string of the molecule is Cc1ccc(C(O)CNc2cc[nH]c(=O)c2-c2nc3c(C)cc(N4CCOC(C)C4)cc3[nH]2)cc1Cl. The number of halogens is 1. The standard InChI is InChI=1S/C27H30ClN5O3/c1-15-4-5-18(11-20(15)28)23(34)13-30-21-6-7-29-27(35)24(21)26-31-22-12-19(10-16(2)25(22)32-26)33-8-9-36-17(3)14-33/h4-7,10-12,17,23,34H,8-9,13-14H2,1-3H3,(H,31,32)(H2,29,30,35). The Balaban J connectivity index is 1.44. The Morgan fingerprint density at radius 2 is 2.08 bits per heavy atom. The maximum atomic E-state index is 12.9. The molecular weight excluding hydrogens is 478 g/mol. The summed E-state index contributed by atoms with van der Waals surface area (Å²) >= 11 is 6.22. The highest BCUT2D eigenvalue weighted by molar-refractivity contribution is 6.31. The number of aromatic nitrogens is 3.